The Labute approximate surface area is 100 Å². The summed E-state index contributed by atoms with van der Waals surface area (Å²) in [6, 6.07) is 5.92. The van der Waals surface area contributed by atoms with Crippen LogP contribution in [0, 0.1) is 11.2 Å². The molecule has 4 heteroatoms. The van der Waals surface area contributed by atoms with Crippen LogP contribution in [0.5, 0.6) is 0 Å². The van der Waals surface area contributed by atoms with E-state index in [1.807, 2.05) is 0 Å². The molecule has 0 spiro atoms. The second kappa shape index (κ2) is 4.84. The molecule has 1 amide bonds. The highest BCUT2D eigenvalue weighted by atomic mass is 19.1. The van der Waals surface area contributed by atoms with Gasteiger partial charge in [-0.3, -0.25) is 4.79 Å². The predicted octanol–water partition coefficient (Wildman–Crippen LogP) is 2.28. The summed E-state index contributed by atoms with van der Waals surface area (Å²) in [6.07, 6.45) is 3.60. The minimum Gasteiger partial charge on any atom is -0.330 e. The average molecular weight is 236 g/mol. The first kappa shape index (κ1) is 12.0. The van der Waals surface area contributed by atoms with Crippen molar-refractivity contribution in [2.45, 2.75) is 25.7 Å². The van der Waals surface area contributed by atoms with E-state index >= 15 is 0 Å². The zero-order chi connectivity index (χ0) is 12.3. The van der Waals surface area contributed by atoms with E-state index in [0.29, 0.717) is 18.7 Å². The molecule has 0 aliphatic heterocycles. The Morgan fingerprint density at radius 1 is 1.47 bits per heavy atom. The molecule has 1 aliphatic carbocycles. The van der Waals surface area contributed by atoms with E-state index in [1.165, 1.54) is 12.1 Å². The van der Waals surface area contributed by atoms with Crippen LogP contribution >= 0.6 is 0 Å². The van der Waals surface area contributed by atoms with Crippen molar-refractivity contribution in [2.75, 3.05) is 11.9 Å². The topological polar surface area (TPSA) is 55.1 Å². The molecular formula is C13H17FN2O. The fraction of sp³-hybridized carbons (Fsp3) is 0.462. The molecule has 0 heterocycles. The summed E-state index contributed by atoms with van der Waals surface area (Å²) in [5, 5.41) is 2.71. The van der Waals surface area contributed by atoms with Crippen molar-refractivity contribution in [1.82, 2.24) is 0 Å². The summed E-state index contributed by atoms with van der Waals surface area (Å²) in [7, 11) is 0. The van der Waals surface area contributed by atoms with Crippen LogP contribution in [-0.2, 0) is 4.79 Å². The number of amides is 1. The normalized spacial score (nSPS) is 17.3. The smallest absolute Gasteiger partial charge is 0.224 e. The second-order valence-electron chi connectivity index (χ2n) is 4.79. The molecule has 1 aliphatic rings. The number of rotatable bonds is 4. The lowest BCUT2D eigenvalue weighted by atomic mass is 9.66. The lowest BCUT2D eigenvalue weighted by Gasteiger charge is -2.40. The Balaban J connectivity index is 1.93. The van der Waals surface area contributed by atoms with Crippen molar-refractivity contribution in [3.05, 3.63) is 30.1 Å². The standard InChI is InChI=1S/C13H17FN2O/c14-10-3-1-4-11(7-10)16-12(17)8-13(9-15)5-2-6-13/h1,3-4,7H,2,5-6,8-9,15H2,(H,16,17). The highest BCUT2D eigenvalue weighted by Gasteiger charge is 2.37. The maximum absolute atomic E-state index is 12.9. The third-order valence-electron chi connectivity index (χ3n) is 3.49. The summed E-state index contributed by atoms with van der Waals surface area (Å²) < 4.78 is 12.9. The van der Waals surface area contributed by atoms with Crippen molar-refractivity contribution in [3.8, 4) is 0 Å². The maximum atomic E-state index is 12.9. The molecule has 0 aromatic heterocycles. The molecule has 3 N–H and O–H groups in total. The Hall–Kier alpha value is -1.42. The van der Waals surface area contributed by atoms with Crippen LogP contribution in [0.1, 0.15) is 25.7 Å². The van der Waals surface area contributed by atoms with E-state index in [-0.39, 0.29) is 17.1 Å². The van der Waals surface area contributed by atoms with Gasteiger partial charge in [0, 0.05) is 12.1 Å². The zero-order valence-corrected chi connectivity index (χ0v) is 9.71. The fourth-order valence-electron chi connectivity index (χ4n) is 2.24. The molecule has 1 aromatic carbocycles. The number of anilines is 1. The Bertz CT molecular complexity index is 410. The highest BCUT2D eigenvalue weighted by Crippen LogP contribution is 2.43. The van der Waals surface area contributed by atoms with Gasteiger partial charge < -0.3 is 11.1 Å². The van der Waals surface area contributed by atoms with Gasteiger partial charge >= 0.3 is 0 Å². The SMILES string of the molecule is NCC1(CC(=O)Nc2cccc(F)c2)CCC1. The van der Waals surface area contributed by atoms with Crippen LogP contribution in [0.3, 0.4) is 0 Å². The van der Waals surface area contributed by atoms with Gasteiger partial charge in [0.1, 0.15) is 5.82 Å². The molecule has 1 aromatic rings. The van der Waals surface area contributed by atoms with Crippen LogP contribution in [0.25, 0.3) is 0 Å². The molecule has 0 atom stereocenters. The first-order valence-electron chi connectivity index (χ1n) is 5.89. The molecule has 1 fully saturated rings. The first-order valence-corrected chi connectivity index (χ1v) is 5.89. The molecule has 17 heavy (non-hydrogen) atoms. The summed E-state index contributed by atoms with van der Waals surface area (Å²) in [5.41, 5.74) is 6.18. The van der Waals surface area contributed by atoms with Gasteiger partial charge in [0.15, 0.2) is 0 Å². The third kappa shape index (κ3) is 2.82. The highest BCUT2D eigenvalue weighted by molar-refractivity contribution is 5.91. The van der Waals surface area contributed by atoms with E-state index in [1.54, 1.807) is 12.1 Å². The lowest BCUT2D eigenvalue weighted by Crippen LogP contribution is -2.40. The summed E-state index contributed by atoms with van der Waals surface area (Å²) in [4.78, 5) is 11.8. The van der Waals surface area contributed by atoms with Crippen LogP contribution in [0.2, 0.25) is 0 Å². The number of nitrogens with one attached hydrogen (secondary N) is 1. The van der Waals surface area contributed by atoms with Crippen molar-refractivity contribution in [1.29, 1.82) is 0 Å². The van der Waals surface area contributed by atoms with Crippen LogP contribution in [0.15, 0.2) is 24.3 Å². The summed E-state index contributed by atoms with van der Waals surface area (Å²) >= 11 is 0. The fourth-order valence-corrected chi connectivity index (χ4v) is 2.24. The average Bonchev–Trinajstić information content (AvgIpc) is 2.23. The summed E-state index contributed by atoms with van der Waals surface area (Å²) in [5.74, 6) is -0.430. The van der Waals surface area contributed by atoms with Crippen LogP contribution in [0.4, 0.5) is 10.1 Å². The first-order chi connectivity index (χ1) is 8.13. The second-order valence-corrected chi connectivity index (χ2v) is 4.79. The van der Waals surface area contributed by atoms with E-state index in [9.17, 15) is 9.18 Å². The number of carbonyl (C=O) groups excluding carboxylic acids is 1. The monoisotopic (exact) mass is 236 g/mol. The summed E-state index contributed by atoms with van der Waals surface area (Å²) in [6.45, 7) is 0.545. The molecule has 2 rings (SSSR count). The van der Waals surface area contributed by atoms with Gasteiger partial charge in [-0.1, -0.05) is 12.5 Å². The Morgan fingerprint density at radius 3 is 2.76 bits per heavy atom. The molecular weight excluding hydrogens is 219 g/mol. The van der Waals surface area contributed by atoms with Gasteiger partial charge in [-0.25, -0.2) is 4.39 Å². The molecule has 3 nitrogen and oxygen atoms in total. The van der Waals surface area contributed by atoms with E-state index in [0.717, 1.165) is 19.3 Å². The zero-order valence-electron chi connectivity index (χ0n) is 9.71. The molecule has 0 radical (unpaired) electrons. The third-order valence-corrected chi connectivity index (χ3v) is 3.49. The molecule has 0 bridgehead atoms. The van der Waals surface area contributed by atoms with Crippen LogP contribution in [-0.4, -0.2) is 12.5 Å². The van der Waals surface area contributed by atoms with Crippen molar-refractivity contribution >= 4 is 11.6 Å². The van der Waals surface area contributed by atoms with Gasteiger partial charge in [0.25, 0.3) is 0 Å². The van der Waals surface area contributed by atoms with Gasteiger partial charge in [-0.05, 0) is 43.0 Å². The van der Waals surface area contributed by atoms with Gasteiger partial charge in [0.2, 0.25) is 5.91 Å². The lowest BCUT2D eigenvalue weighted by molar-refractivity contribution is -0.119. The van der Waals surface area contributed by atoms with Crippen LogP contribution < -0.4 is 11.1 Å². The Kier molecular flexibility index (Phi) is 3.43. The van der Waals surface area contributed by atoms with Crippen molar-refractivity contribution in [3.63, 3.8) is 0 Å². The maximum Gasteiger partial charge on any atom is 0.224 e. The van der Waals surface area contributed by atoms with Gasteiger partial charge in [-0.2, -0.15) is 0 Å². The Morgan fingerprint density at radius 2 is 2.24 bits per heavy atom. The van der Waals surface area contributed by atoms with E-state index in [2.05, 4.69) is 5.32 Å². The molecule has 92 valence electrons. The molecule has 0 unspecified atom stereocenters. The predicted molar refractivity (Wildman–Crippen MR) is 65.0 cm³/mol. The molecule has 1 saturated carbocycles. The number of hydrogen-bond acceptors (Lipinski definition) is 2. The largest absolute Gasteiger partial charge is 0.330 e. The van der Waals surface area contributed by atoms with E-state index < -0.39 is 0 Å². The van der Waals surface area contributed by atoms with Gasteiger partial charge in [-0.15, -0.1) is 0 Å². The molecule has 0 saturated heterocycles. The number of hydrogen-bond donors (Lipinski definition) is 2. The number of halogens is 1. The number of carbonyl (C=O) groups is 1. The minimum atomic E-state index is -0.347. The van der Waals surface area contributed by atoms with E-state index in [4.69, 9.17) is 5.73 Å². The van der Waals surface area contributed by atoms with Crippen molar-refractivity contribution < 1.29 is 9.18 Å². The van der Waals surface area contributed by atoms with Crippen molar-refractivity contribution in [2.24, 2.45) is 11.1 Å². The van der Waals surface area contributed by atoms with Gasteiger partial charge in [0.05, 0.1) is 0 Å². The minimum absolute atomic E-state index is 0.0165. The number of benzene rings is 1. The quantitative estimate of drug-likeness (QED) is 0.842. The number of nitrogens with two attached hydrogens (primary N) is 1.